The number of benzene rings is 2. The van der Waals surface area contributed by atoms with Gasteiger partial charge in [0.2, 0.25) is 0 Å². The standard InChI is InChI=1S/C25H27N3O3/c1-2-18-9-11-21(12-10-18)27-25(30)24(29)26-16-22(23-8-5-15-31-23)28-14-13-19-6-3-4-7-20(19)17-28/h3-12,15,22H,2,13-14,16-17H2,1H3,(H,26,29)(H,27,30)/p+1/t22-/m0/s1. The molecular formula is C25H28N3O3+. The third kappa shape index (κ3) is 5.03. The maximum atomic E-state index is 12.5. The molecule has 0 fully saturated rings. The molecule has 160 valence electrons. The fourth-order valence-corrected chi connectivity index (χ4v) is 4.12. The summed E-state index contributed by atoms with van der Waals surface area (Å²) in [4.78, 5) is 26.1. The first-order chi connectivity index (χ1) is 15.1. The quantitative estimate of drug-likeness (QED) is 0.538. The van der Waals surface area contributed by atoms with Gasteiger partial charge in [0.1, 0.15) is 6.54 Å². The van der Waals surface area contributed by atoms with Crippen molar-refractivity contribution >= 4 is 17.5 Å². The van der Waals surface area contributed by atoms with Crippen molar-refractivity contribution in [2.24, 2.45) is 0 Å². The summed E-state index contributed by atoms with van der Waals surface area (Å²) in [6.07, 6.45) is 3.55. The van der Waals surface area contributed by atoms with Gasteiger partial charge in [-0.25, -0.2) is 0 Å². The molecule has 0 radical (unpaired) electrons. The van der Waals surface area contributed by atoms with Crippen molar-refractivity contribution in [2.45, 2.75) is 32.4 Å². The largest absolute Gasteiger partial charge is 0.463 e. The topological polar surface area (TPSA) is 75.8 Å². The lowest BCUT2D eigenvalue weighted by Crippen LogP contribution is -3.12. The van der Waals surface area contributed by atoms with E-state index >= 15 is 0 Å². The number of quaternary nitrogens is 1. The molecule has 3 aromatic rings. The SMILES string of the molecule is CCc1ccc(NC(=O)C(=O)NC[C@@H](c2ccco2)[NH+]2CCc3ccccc3C2)cc1. The molecule has 1 aliphatic heterocycles. The molecule has 2 aromatic carbocycles. The molecule has 2 amide bonds. The fourth-order valence-electron chi connectivity index (χ4n) is 4.12. The van der Waals surface area contributed by atoms with Gasteiger partial charge in [-0.1, -0.05) is 43.3 Å². The van der Waals surface area contributed by atoms with E-state index in [1.165, 1.54) is 21.6 Å². The van der Waals surface area contributed by atoms with Crippen LogP contribution in [-0.4, -0.2) is 24.9 Å². The summed E-state index contributed by atoms with van der Waals surface area (Å²) < 4.78 is 5.67. The Balaban J connectivity index is 1.39. The Kier molecular flexibility index (Phi) is 6.48. The molecule has 6 nitrogen and oxygen atoms in total. The second-order valence-electron chi connectivity index (χ2n) is 7.89. The highest BCUT2D eigenvalue weighted by Crippen LogP contribution is 2.16. The minimum absolute atomic E-state index is 0.0658. The van der Waals surface area contributed by atoms with Gasteiger partial charge in [0.15, 0.2) is 11.8 Å². The van der Waals surface area contributed by atoms with Crippen molar-refractivity contribution in [3.05, 3.63) is 89.4 Å². The third-order valence-corrected chi connectivity index (χ3v) is 5.92. The number of rotatable bonds is 6. The van der Waals surface area contributed by atoms with Gasteiger partial charge in [-0.05, 0) is 41.8 Å². The number of carbonyl (C=O) groups excluding carboxylic acids is 2. The number of hydrogen-bond acceptors (Lipinski definition) is 3. The van der Waals surface area contributed by atoms with Gasteiger partial charge < -0.3 is 20.0 Å². The third-order valence-electron chi connectivity index (χ3n) is 5.92. The lowest BCUT2D eigenvalue weighted by atomic mass is 9.98. The van der Waals surface area contributed by atoms with Crippen LogP contribution in [-0.2, 0) is 29.0 Å². The molecule has 4 rings (SSSR count). The van der Waals surface area contributed by atoms with Crippen LogP contribution in [0.5, 0.6) is 0 Å². The molecule has 1 aliphatic rings. The van der Waals surface area contributed by atoms with Crippen LogP contribution in [0.25, 0.3) is 0 Å². The fraction of sp³-hybridized carbons (Fsp3) is 0.280. The molecule has 2 heterocycles. The van der Waals surface area contributed by atoms with E-state index in [-0.39, 0.29) is 6.04 Å². The first-order valence-corrected chi connectivity index (χ1v) is 10.8. The lowest BCUT2D eigenvalue weighted by molar-refractivity contribution is -0.946. The molecule has 2 atom stereocenters. The molecule has 0 bridgehead atoms. The molecule has 31 heavy (non-hydrogen) atoms. The Morgan fingerprint density at radius 2 is 1.77 bits per heavy atom. The maximum Gasteiger partial charge on any atom is 0.313 e. The summed E-state index contributed by atoms with van der Waals surface area (Å²) in [7, 11) is 0. The first kappa shape index (κ1) is 20.9. The van der Waals surface area contributed by atoms with Crippen molar-refractivity contribution in [3.8, 4) is 0 Å². The summed E-state index contributed by atoms with van der Waals surface area (Å²) in [5, 5.41) is 5.47. The van der Waals surface area contributed by atoms with Crippen LogP contribution in [0.1, 0.15) is 35.4 Å². The van der Waals surface area contributed by atoms with Crippen LogP contribution in [0.15, 0.2) is 71.3 Å². The molecule has 3 N–H and O–H groups in total. The Morgan fingerprint density at radius 1 is 1.00 bits per heavy atom. The predicted molar refractivity (Wildman–Crippen MR) is 119 cm³/mol. The highest BCUT2D eigenvalue weighted by molar-refractivity contribution is 6.39. The Morgan fingerprint density at radius 3 is 2.48 bits per heavy atom. The predicted octanol–water partition coefficient (Wildman–Crippen LogP) is 2.28. The molecule has 1 unspecified atom stereocenters. The van der Waals surface area contributed by atoms with E-state index in [1.54, 1.807) is 6.26 Å². The first-order valence-electron chi connectivity index (χ1n) is 10.8. The molecule has 0 saturated carbocycles. The summed E-state index contributed by atoms with van der Waals surface area (Å²) >= 11 is 0. The minimum atomic E-state index is -0.665. The average molecular weight is 419 g/mol. The van der Waals surface area contributed by atoms with E-state index < -0.39 is 11.8 Å². The smallest absolute Gasteiger partial charge is 0.313 e. The number of aryl methyl sites for hydroxylation is 1. The van der Waals surface area contributed by atoms with Gasteiger partial charge in [0.25, 0.3) is 0 Å². The van der Waals surface area contributed by atoms with Crippen LogP contribution in [0, 0.1) is 0 Å². The molecule has 1 aromatic heterocycles. The normalized spacial score (nSPS) is 16.2. The van der Waals surface area contributed by atoms with Gasteiger partial charge >= 0.3 is 11.8 Å². The van der Waals surface area contributed by atoms with Gasteiger partial charge in [-0.3, -0.25) is 9.59 Å². The van der Waals surface area contributed by atoms with E-state index in [9.17, 15) is 9.59 Å². The van der Waals surface area contributed by atoms with Crippen LogP contribution in [0.4, 0.5) is 5.69 Å². The van der Waals surface area contributed by atoms with Crippen LogP contribution < -0.4 is 15.5 Å². The molecule has 0 spiro atoms. The van der Waals surface area contributed by atoms with E-state index in [0.29, 0.717) is 12.2 Å². The van der Waals surface area contributed by atoms with Crippen LogP contribution >= 0.6 is 0 Å². The van der Waals surface area contributed by atoms with Crippen molar-refractivity contribution in [3.63, 3.8) is 0 Å². The second-order valence-corrected chi connectivity index (χ2v) is 7.89. The highest BCUT2D eigenvalue weighted by atomic mass is 16.3. The Hall–Kier alpha value is -3.38. The van der Waals surface area contributed by atoms with Crippen LogP contribution in [0.2, 0.25) is 0 Å². The van der Waals surface area contributed by atoms with Gasteiger partial charge in [0.05, 0.1) is 19.4 Å². The maximum absolute atomic E-state index is 12.5. The highest BCUT2D eigenvalue weighted by Gasteiger charge is 2.31. The summed E-state index contributed by atoms with van der Waals surface area (Å²) in [6, 6.07) is 19.7. The van der Waals surface area contributed by atoms with Crippen LogP contribution in [0.3, 0.4) is 0 Å². The Labute approximate surface area is 182 Å². The van der Waals surface area contributed by atoms with E-state index in [4.69, 9.17) is 4.42 Å². The van der Waals surface area contributed by atoms with Crippen molar-refractivity contribution in [1.29, 1.82) is 0 Å². The van der Waals surface area contributed by atoms with Gasteiger partial charge in [-0.2, -0.15) is 0 Å². The van der Waals surface area contributed by atoms with E-state index in [1.807, 2.05) is 36.4 Å². The zero-order valence-electron chi connectivity index (χ0n) is 17.7. The van der Waals surface area contributed by atoms with E-state index in [0.717, 1.165) is 31.7 Å². The number of furan rings is 1. The van der Waals surface area contributed by atoms with Crippen molar-refractivity contribution < 1.29 is 18.9 Å². The number of fused-ring (bicyclic) bond motifs is 1. The average Bonchev–Trinajstić information content (AvgIpc) is 3.34. The van der Waals surface area contributed by atoms with Gasteiger partial charge in [-0.15, -0.1) is 0 Å². The molecule has 0 aliphatic carbocycles. The summed E-state index contributed by atoms with van der Waals surface area (Å²) in [5.74, 6) is -0.500. The number of nitrogens with one attached hydrogen (secondary N) is 3. The summed E-state index contributed by atoms with van der Waals surface area (Å²) in [5.41, 5.74) is 4.48. The number of carbonyl (C=O) groups is 2. The zero-order valence-corrected chi connectivity index (χ0v) is 17.7. The molecule has 0 saturated heterocycles. The number of hydrogen-bond donors (Lipinski definition) is 3. The van der Waals surface area contributed by atoms with E-state index in [2.05, 4.69) is 41.8 Å². The molecular weight excluding hydrogens is 390 g/mol. The van der Waals surface area contributed by atoms with Crippen molar-refractivity contribution in [1.82, 2.24) is 5.32 Å². The van der Waals surface area contributed by atoms with Gasteiger partial charge in [0, 0.05) is 17.7 Å². The number of amides is 2. The lowest BCUT2D eigenvalue weighted by Gasteiger charge is -2.31. The molecule has 6 heteroatoms. The monoisotopic (exact) mass is 418 g/mol. The number of anilines is 1. The second kappa shape index (κ2) is 9.62. The minimum Gasteiger partial charge on any atom is -0.463 e. The zero-order chi connectivity index (χ0) is 21.6. The summed E-state index contributed by atoms with van der Waals surface area (Å²) in [6.45, 7) is 4.19. The Bertz CT molecular complexity index is 1030. The van der Waals surface area contributed by atoms with Crippen molar-refractivity contribution in [2.75, 3.05) is 18.4 Å².